The van der Waals surface area contributed by atoms with Crippen LogP contribution >= 0.6 is 0 Å². The fourth-order valence-corrected chi connectivity index (χ4v) is 3.47. The third kappa shape index (κ3) is 2.22. The van der Waals surface area contributed by atoms with Crippen molar-refractivity contribution in [2.45, 2.75) is 43.2 Å². The highest BCUT2D eigenvalue weighted by Gasteiger charge is 2.54. The molecule has 3 fully saturated rings. The van der Waals surface area contributed by atoms with Gasteiger partial charge in [0, 0.05) is 0 Å². The highest BCUT2D eigenvalue weighted by molar-refractivity contribution is 7.87. The van der Waals surface area contributed by atoms with Crippen LogP contribution in [-0.4, -0.2) is 19.5 Å². The lowest BCUT2D eigenvalue weighted by atomic mass is 9.66. The average Bonchev–Trinajstić information content (AvgIpc) is 2.15. The van der Waals surface area contributed by atoms with Crippen LogP contribution < -0.4 is 0 Å². The molecule has 0 aromatic carbocycles. The summed E-state index contributed by atoms with van der Waals surface area (Å²) in [5.41, 5.74) is -5.75. The van der Waals surface area contributed by atoms with Crippen LogP contribution in [0.1, 0.15) is 32.1 Å². The Morgan fingerprint density at radius 3 is 2.24 bits per heavy atom. The second-order valence-corrected chi connectivity index (χ2v) is 6.31. The number of hydrogen-bond donors (Lipinski definition) is 0. The molecule has 98 valence electrons. The molecule has 0 saturated heterocycles. The molecular formula is C10H13F3O3S. The molecule has 3 nitrogen and oxygen atoms in total. The lowest BCUT2D eigenvalue weighted by Crippen LogP contribution is -2.46. The normalized spacial score (nSPS) is 34.1. The van der Waals surface area contributed by atoms with Crippen LogP contribution in [0, 0.1) is 5.92 Å². The van der Waals surface area contributed by atoms with Crippen LogP contribution in [0.5, 0.6) is 0 Å². The first-order chi connectivity index (χ1) is 7.65. The van der Waals surface area contributed by atoms with Crippen molar-refractivity contribution in [3.8, 4) is 0 Å². The van der Waals surface area contributed by atoms with E-state index in [9.17, 15) is 21.6 Å². The van der Waals surface area contributed by atoms with Crippen molar-refractivity contribution in [3.05, 3.63) is 12.2 Å². The zero-order valence-corrected chi connectivity index (χ0v) is 9.90. The lowest BCUT2D eigenvalue weighted by Gasteiger charge is -2.46. The minimum absolute atomic E-state index is 0.215. The van der Waals surface area contributed by atoms with Gasteiger partial charge in [-0.05, 0) is 38.0 Å². The number of fused-ring (bicyclic) bond motifs is 3. The minimum atomic E-state index is -5.51. The second-order valence-electron chi connectivity index (χ2n) is 4.78. The van der Waals surface area contributed by atoms with E-state index in [2.05, 4.69) is 10.8 Å². The third-order valence-corrected chi connectivity index (χ3v) is 4.73. The Bertz CT molecular complexity index is 430. The molecule has 3 rings (SSSR count). The van der Waals surface area contributed by atoms with Gasteiger partial charge in [-0.2, -0.15) is 21.6 Å². The molecule has 0 spiro atoms. The summed E-state index contributed by atoms with van der Waals surface area (Å²) in [6.45, 7) is 3.78. The summed E-state index contributed by atoms with van der Waals surface area (Å²) in [6, 6.07) is 0. The van der Waals surface area contributed by atoms with Crippen molar-refractivity contribution >= 4 is 10.1 Å². The van der Waals surface area contributed by atoms with Gasteiger partial charge in [-0.25, -0.2) is 0 Å². The highest BCUT2D eigenvalue weighted by Crippen LogP contribution is 2.50. The molecule has 0 aliphatic heterocycles. The molecule has 0 heterocycles. The van der Waals surface area contributed by atoms with Gasteiger partial charge in [0.25, 0.3) is 0 Å². The van der Waals surface area contributed by atoms with E-state index in [1.54, 1.807) is 0 Å². The molecule has 3 aliphatic rings. The summed E-state index contributed by atoms with van der Waals surface area (Å²) in [5.74, 6) is 0.314. The van der Waals surface area contributed by atoms with Gasteiger partial charge < -0.3 is 0 Å². The molecule has 0 N–H and O–H groups in total. The molecule has 0 aromatic rings. The van der Waals surface area contributed by atoms with E-state index in [1.807, 2.05) is 0 Å². The van der Waals surface area contributed by atoms with Crippen LogP contribution in [0.15, 0.2) is 12.2 Å². The predicted molar refractivity (Wildman–Crippen MR) is 54.5 cm³/mol. The van der Waals surface area contributed by atoms with E-state index in [0.29, 0.717) is 31.6 Å². The Balaban J connectivity index is 2.21. The van der Waals surface area contributed by atoms with Gasteiger partial charge in [-0.3, -0.25) is 4.18 Å². The van der Waals surface area contributed by atoms with Crippen LogP contribution in [-0.2, 0) is 14.3 Å². The Morgan fingerprint density at radius 2 is 1.82 bits per heavy atom. The molecule has 17 heavy (non-hydrogen) atoms. The first-order valence-electron chi connectivity index (χ1n) is 5.35. The van der Waals surface area contributed by atoms with Gasteiger partial charge in [0.05, 0.1) is 5.60 Å². The Morgan fingerprint density at radius 1 is 1.29 bits per heavy atom. The van der Waals surface area contributed by atoms with Gasteiger partial charge in [-0.1, -0.05) is 12.2 Å². The smallest absolute Gasteiger partial charge is 0.256 e. The monoisotopic (exact) mass is 270 g/mol. The van der Waals surface area contributed by atoms with E-state index in [4.69, 9.17) is 0 Å². The number of hydrogen-bond acceptors (Lipinski definition) is 3. The first-order valence-corrected chi connectivity index (χ1v) is 6.76. The summed E-state index contributed by atoms with van der Waals surface area (Å²) < 4.78 is 63.3. The summed E-state index contributed by atoms with van der Waals surface area (Å²) >= 11 is 0. The van der Waals surface area contributed by atoms with Gasteiger partial charge in [-0.15, -0.1) is 0 Å². The topological polar surface area (TPSA) is 43.4 Å². The molecular weight excluding hydrogens is 257 g/mol. The maximum atomic E-state index is 12.3. The van der Waals surface area contributed by atoms with Crippen LogP contribution in [0.3, 0.4) is 0 Å². The zero-order chi connectivity index (χ0) is 12.9. The quantitative estimate of drug-likeness (QED) is 0.440. The highest BCUT2D eigenvalue weighted by atomic mass is 32.2. The van der Waals surface area contributed by atoms with Crippen molar-refractivity contribution < 1.29 is 25.8 Å². The average molecular weight is 270 g/mol. The molecule has 0 radical (unpaired) electrons. The van der Waals surface area contributed by atoms with Gasteiger partial charge >= 0.3 is 15.6 Å². The maximum absolute atomic E-state index is 12.3. The van der Waals surface area contributed by atoms with Crippen molar-refractivity contribution in [1.82, 2.24) is 0 Å². The summed E-state index contributed by atoms with van der Waals surface area (Å²) in [7, 11) is -5.51. The number of rotatable bonds is 2. The first kappa shape index (κ1) is 12.9. The number of alkyl halides is 3. The summed E-state index contributed by atoms with van der Waals surface area (Å²) in [5, 5.41) is 0. The van der Waals surface area contributed by atoms with Crippen molar-refractivity contribution in [3.63, 3.8) is 0 Å². The largest absolute Gasteiger partial charge is 0.523 e. The minimum Gasteiger partial charge on any atom is -0.256 e. The lowest BCUT2D eigenvalue weighted by molar-refractivity contribution is -0.0757. The standard InChI is InChI=1S/C10H13F3O3S/c1-7-6-9(4-2-8(7)3-5-9)16-17(14,15)10(11,12)13/h8H,1-6H2. The van der Waals surface area contributed by atoms with Crippen LogP contribution in [0.4, 0.5) is 13.2 Å². The predicted octanol–water partition coefficient (Wildman–Crippen LogP) is 2.74. The van der Waals surface area contributed by atoms with Crippen LogP contribution in [0.2, 0.25) is 0 Å². The summed E-state index contributed by atoms with van der Waals surface area (Å²) in [6.07, 6.45) is 2.24. The molecule has 7 heteroatoms. The molecule has 3 aliphatic carbocycles. The van der Waals surface area contributed by atoms with Crippen molar-refractivity contribution in [2.75, 3.05) is 0 Å². The van der Waals surface area contributed by atoms with Crippen molar-refractivity contribution in [2.24, 2.45) is 5.92 Å². The Hall–Kier alpha value is -0.560. The van der Waals surface area contributed by atoms with E-state index in [1.165, 1.54) is 0 Å². The van der Waals surface area contributed by atoms with E-state index in [0.717, 1.165) is 5.57 Å². The van der Waals surface area contributed by atoms with Gasteiger partial charge in [0.1, 0.15) is 0 Å². The van der Waals surface area contributed by atoms with E-state index < -0.39 is 21.2 Å². The van der Waals surface area contributed by atoms with E-state index >= 15 is 0 Å². The van der Waals surface area contributed by atoms with Gasteiger partial charge in [0.15, 0.2) is 0 Å². The van der Waals surface area contributed by atoms with Crippen molar-refractivity contribution in [1.29, 1.82) is 0 Å². The van der Waals surface area contributed by atoms with E-state index in [-0.39, 0.29) is 6.42 Å². The molecule has 0 unspecified atom stereocenters. The molecule has 0 amide bonds. The fraction of sp³-hybridized carbons (Fsp3) is 0.800. The third-order valence-electron chi connectivity index (χ3n) is 3.59. The molecule has 3 saturated carbocycles. The SMILES string of the molecule is C=C1CC2(OS(=O)(=O)C(F)(F)F)CCC1CC2. The summed E-state index contributed by atoms with van der Waals surface area (Å²) in [4.78, 5) is 0. The fourth-order valence-electron chi connectivity index (χ4n) is 2.68. The maximum Gasteiger partial charge on any atom is 0.523 e. The Labute approximate surface area is 97.8 Å². The Kier molecular flexibility index (Phi) is 2.82. The van der Waals surface area contributed by atoms with Gasteiger partial charge in [0.2, 0.25) is 0 Å². The molecule has 0 atom stereocenters. The zero-order valence-electron chi connectivity index (χ0n) is 9.09. The number of halogens is 3. The van der Waals surface area contributed by atoms with Crippen LogP contribution in [0.25, 0.3) is 0 Å². The molecule has 0 aromatic heterocycles. The second kappa shape index (κ2) is 3.71. The molecule has 2 bridgehead atoms.